The summed E-state index contributed by atoms with van der Waals surface area (Å²) in [5.74, 6) is -12.2. The van der Waals surface area contributed by atoms with Crippen LogP contribution < -0.4 is 31.9 Å². The van der Waals surface area contributed by atoms with Crippen molar-refractivity contribution in [2.75, 3.05) is 82.9 Å². The van der Waals surface area contributed by atoms with Gasteiger partial charge in [0.15, 0.2) is 0 Å². The zero-order chi connectivity index (χ0) is 74.8. The van der Waals surface area contributed by atoms with Gasteiger partial charge < -0.3 is 85.7 Å². The van der Waals surface area contributed by atoms with Crippen molar-refractivity contribution in [1.29, 1.82) is 0 Å². The summed E-state index contributed by atoms with van der Waals surface area (Å²) in [6.45, 7) is 26.6. The fraction of sp³-hybridized carbons (Fsp3) is 0.794. The summed E-state index contributed by atoms with van der Waals surface area (Å²) in [4.78, 5) is 182. The quantitative estimate of drug-likeness (QED) is 0.0674. The summed E-state index contributed by atoms with van der Waals surface area (Å²) in [6, 6.07) is -15.8. The Bertz CT molecular complexity index is 2640. The number of aliphatic hydroxyl groups excluding tert-OH is 2. The average molecular weight is 1380 g/mol. The summed E-state index contributed by atoms with van der Waals surface area (Å²) in [7, 11) is 10.9. The van der Waals surface area contributed by atoms with Gasteiger partial charge in [0.1, 0.15) is 66.5 Å². The molecule has 0 bridgehead atoms. The first-order valence-corrected chi connectivity index (χ1v) is 34.0. The minimum Gasteiger partial charge on any atom is -0.449 e. The van der Waals surface area contributed by atoms with Crippen LogP contribution in [0, 0.1) is 41.4 Å². The summed E-state index contributed by atoms with van der Waals surface area (Å²) < 4.78 is 16.1. The van der Waals surface area contributed by atoms with Gasteiger partial charge in [-0.25, -0.2) is 4.79 Å². The maximum Gasteiger partial charge on any atom is 0.409 e. The van der Waals surface area contributed by atoms with Crippen molar-refractivity contribution in [3.63, 3.8) is 0 Å². The third kappa shape index (κ3) is 27.3. The lowest BCUT2D eigenvalue weighted by molar-refractivity contribution is -0.156. The van der Waals surface area contributed by atoms with Gasteiger partial charge in [0, 0.05) is 63.1 Å². The van der Waals surface area contributed by atoms with E-state index in [9.17, 15) is 53.4 Å². The molecule has 29 heteroatoms. The Balaban J connectivity index is 4.50. The molecule has 0 aliphatic carbocycles. The second kappa shape index (κ2) is 42.1. The highest BCUT2D eigenvalue weighted by Gasteiger charge is 2.46. The van der Waals surface area contributed by atoms with Crippen molar-refractivity contribution in [3.05, 3.63) is 12.2 Å². The van der Waals surface area contributed by atoms with Gasteiger partial charge in [-0.15, -0.1) is 0 Å². The van der Waals surface area contributed by atoms with E-state index in [-0.39, 0.29) is 82.0 Å². The van der Waals surface area contributed by atoms with Gasteiger partial charge in [-0.2, -0.15) is 0 Å². The van der Waals surface area contributed by atoms with Crippen LogP contribution in [0.15, 0.2) is 12.2 Å². The molecule has 1 heterocycles. The molecule has 0 radical (unpaired) electrons. The van der Waals surface area contributed by atoms with Crippen molar-refractivity contribution < 1.29 is 82.0 Å². The Labute approximate surface area is 576 Å². The molecule has 556 valence electrons. The molecule has 29 nitrogen and oxygen atoms in total. The Morgan fingerprint density at radius 1 is 0.505 bits per heavy atom. The normalized spacial score (nSPS) is 26.1. The molecule has 1 aliphatic rings. The lowest BCUT2D eigenvalue weighted by Gasteiger charge is -2.40. The Morgan fingerprint density at radius 2 is 0.938 bits per heavy atom. The molecule has 0 unspecified atom stereocenters. The molecule has 0 aromatic carbocycles. The van der Waals surface area contributed by atoms with E-state index in [4.69, 9.17) is 14.2 Å². The molecule has 15 atom stereocenters. The number of rotatable bonds is 23. The van der Waals surface area contributed by atoms with Gasteiger partial charge in [0.25, 0.3) is 0 Å². The van der Waals surface area contributed by atoms with Gasteiger partial charge in [-0.05, 0) is 108 Å². The molecule has 1 rings (SSSR count). The van der Waals surface area contributed by atoms with Crippen molar-refractivity contribution in [1.82, 2.24) is 61.3 Å². The topological polar surface area (TPSA) is 365 Å². The number of methoxy groups -OCH3 is 2. The van der Waals surface area contributed by atoms with Crippen LogP contribution in [0.5, 0.6) is 0 Å². The molecule has 0 saturated carbocycles. The van der Waals surface area contributed by atoms with E-state index in [0.29, 0.717) is 0 Å². The summed E-state index contributed by atoms with van der Waals surface area (Å²) in [5.41, 5.74) is 0. The highest BCUT2D eigenvalue weighted by Crippen LogP contribution is 2.25. The lowest BCUT2D eigenvalue weighted by atomic mass is 9.91. The fourth-order valence-corrected chi connectivity index (χ4v) is 11.4. The maximum atomic E-state index is 15.3. The molecule has 97 heavy (non-hydrogen) atoms. The zero-order valence-electron chi connectivity index (χ0n) is 62.5. The number of allylic oxidation sites excluding steroid dienone is 2. The third-order valence-corrected chi connectivity index (χ3v) is 17.3. The van der Waals surface area contributed by atoms with Crippen LogP contribution in [-0.4, -0.2) is 272 Å². The molecular weight excluding hydrogens is 1260 g/mol. The first-order chi connectivity index (χ1) is 45.0. The molecular formula is C68H122N12O17. The van der Waals surface area contributed by atoms with Crippen LogP contribution >= 0.6 is 0 Å². The van der Waals surface area contributed by atoms with E-state index in [0.717, 1.165) is 19.6 Å². The molecule has 12 amide bonds. The molecule has 0 spiro atoms. The number of carbonyl (C=O) groups excluding carboxylic acids is 12. The molecule has 0 aromatic heterocycles. The SMILES string of the molecule is C/C=C/C[C@@H](C)[C@@H](O)[C@H]1C(=O)N[C@@H]([C@@H](C)O)C(=O)N(C)[C@H](COC)C(=O)N(C)[C@@H](CC(C)C)C(=O)N[C@@H](CC(C)C)C(=O)N(C)[C@@H](CC(C)C)C(=O)N[C@@H](C)C(=O)N[C@H](C)C(=O)N[C@@H](C[C@H](C)COC(=O)N(C)CCOC)C(=O)N[C@@H](CC(C)C)C(=O)N(C)[C@@H](C(C)C)C(=O)N1C. The summed E-state index contributed by atoms with van der Waals surface area (Å²) >= 11 is 0. The monoisotopic (exact) mass is 1380 g/mol. The van der Waals surface area contributed by atoms with Gasteiger partial charge in [0.2, 0.25) is 65.0 Å². The fourth-order valence-electron chi connectivity index (χ4n) is 11.4. The molecule has 0 aromatic rings. The number of nitrogens with zero attached hydrogens (tertiary/aromatic N) is 6. The Hall–Kier alpha value is -6.98. The number of hydrogen-bond acceptors (Lipinski definition) is 17. The minimum absolute atomic E-state index is 0.00194. The van der Waals surface area contributed by atoms with Crippen LogP contribution in [0.4, 0.5) is 4.79 Å². The number of nitrogens with one attached hydrogen (secondary N) is 6. The van der Waals surface area contributed by atoms with Crippen LogP contribution in [0.2, 0.25) is 0 Å². The third-order valence-electron chi connectivity index (χ3n) is 17.3. The van der Waals surface area contributed by atoms with E-state index in [1.165, 1.54) is 87.1 Å². The van der Waals surface area contributed by atoms with E-state index in [1.54, 1.807) is 60.6 Å². The molecule has 1 fully saturated rings. The number of ether oxygens (including phenoxy) is 3. The van der Waals surface area contributed by atoms with E-state index in [2.05, 4.69) is 31.9 Å². The predicted octanol–water partition coefficient (Wildman–Crippen LogP) is 1.66. The van der Waals surface area contributed by atoms with E-state index >= 15 is 14.4 Å². The molecule has 8 N–H and O–H groups in total. The Kier molecular flexibility index (Phi) is 38.2. The largest absolute Gasteiger partial charge is 0.449 e. The Morgan fingerprint density at radius 3 is 1.40 bits per heavy atom. The first-order valence-electron chi connectivity index (χ1n) is 34.0. The standard InChI is InChI=1S/C68H122N12O17/c1-25-26-27-43(13)56(82)55-62(88)74-53(46(16)81)66(92)78(20)52(36-96-24)65(91)77(19)51(33-40(8)9)61(87)73-48(30-37(2)3)63(89)76(18)50(32-39(6)7)60(86)70-44(14)57(83)69-45(15)58(84)71-47(34-42(12)35-97-68(94)75(17)28-29-95-23)59(85)72-49(31-38(4)5)64(90)79(21)54(41(10)11)67(93)80(55)22/h25-26,37-56,81-82H,27-36H2,1-24H3,(H,69,83)(H,70,86)(H,71,84)(H,72,85)(H,73,87)(H,74,88)/b26-25+/t42-,43+,44-,45+,46+,47-,48-,49-,50-,51-,52+,53-,54-,55-,56+/m0/s1. The van der Waals surface area contributed by atoms with Crippen LogP contribution in [0.25, 0.3) is 0 Å². The van der Waals surface area contributed by atoms with Crippen LogP contribution in [0.1, 0.15) is 149 Å². The number of hydrogen-bond donors (Lipinski definition) is 8. The molecule has 1 aliphatic heterocycles. The predicted molar refractivity (Wildman–Crippen MR) is 366 cm³/mol. The highest BCUT2D eigenvalue weighted by atomic mass is 16.6. The average Bonchev–Trinajstić information content (AvgIpc) is 0.848. The lowest BCUT2D eigenvalue weighted by Crippen LogP contribution is -2.65. The van der Waals surface area contributed by atoms with Gasteiger partial charge in [-0.3, -0.25) is 52.7 Å². The number of carbonyl (C=O) groups is 12. The summed E-state index contributed by atoms with van der Waals surface area (Å²) in [6.07, 6.45) is -0.290. The zero-order valence-corrected chi connectivity index (χ0v) is 62.5. The molecule has 1 saturated heterocycles. The number of likely N-dealkylation sites (N-methyl/N-ethyl adjacent to an activating group) is 6. The minimum atomic E-state index is -1.85. The maximum absolute atomic E-state index is 15.3. The second-order valence-electron chi connectivity index (χ2n) is 28.4. The van der Waals surface area contributed by atoms with Crippen molar-refractivity contribution >= 4 is 71.1 Å². The first kappa shape index (κ1) is 88.0. The van der Waals surface area contributed by atoms with Crippen molar-refractivity contribution in [2.24, 2.45) is 41.4 Å². The smallest absolute Gasteiger partial charge is 0.409 e. The van der Waals surface area contributed by atoms with Crippen LogP contribution in [0.3, 0.4) is 0 Å². The van der Waals surface area contributed by atoms with E-state index in [1.807, 2.05) is 41.5 Å². The second-order valence-corrected chi connectivity index (χ2v) is 28.4. The summed E-state index contributed by atoms with van der Waals surface area (Å²) in [5, 5.41) is 39.8. The number of amides is 12. The van der Waals surface area contributed by atoms with Crippen LogP contribution in [-0.2, 0) is 67.0 Å². The van der Waals surface area contributed by atoms with Crippen molar-refractivity contribution in [3.8, 4) is 0 Å². The van der Waals surface area contributed by atoms with Gasteiger partial charge in [0.05, 0.1) is 32.0 Å². The van der Waals surface area contributed by atoms with Gasteiger partial charge >= 0.3 is 6.09 Å². The number of aliphatic hydroxyl groups is 2. The van der Waals surface area contributed by atoms with E-state index < -0.39 is 174 Å². The highest BCUT2D eigenvalue weighted by molar-refractivity contribution is 6.00. The van der Waals surface area contributed by atoms with Crippen molar-refractivity contribution in [2.45, 2.75) is 228 Å². The van der Waals surface area contributed by atoms with Gasteiger partial charge in [-0.1, -0.05) is 95.2 Å².